The average Bonchev–Trinajstić information content (AvgIpc) is 2.17. The van der Waals surface area contributed by atoms with Crippen molar-refractivity contribution in [3.05, 3.63) is 23.3 Å². The summed E-state index contributed by atoms with van der Waals surface area (Å²) in [4.78, 5) is 8.28. The molecule has 0 fully saturated rings. The van der Waals surface area contributed by atoms with E-state index < -0.39 is 9.84 Å². The summed E-state index contributed by atoms with van der Waals surface area (Å²) >= 11 is 0. The van der Waals surface area contributed by atoms with Crippen LogP contribution in [0.4, 0.5) is 0 Å². The molecule has 2 rings (SSSR count). The van der Waals surface area contributed by atoms with Gasteiger partial charge in [-0.25, -0.2) is 18.4 Å². The predicted molar refractivity (Wildman–Crippen MR) is 60.6 cm³/mol. The molecular formula is C10H15N3O2S. The Morgan fingerprint density at radius 3 is 2.94 bits per heavy atom. The lowest BCUT2D eigenvalue weighted by molar-refractivity contribution is 0.588. The zero-order chi connectivity index (χ0) is 11.8. The summed E-state index contributed by atoms with van der Waals surface area (Å²) < 4.78 is 23.1. The number of hydrogen-bond donors (Lipinski definition) is 1. The summed E-state index contributed by atoms with van der Waals surface area (Å²) in [5.41, 5.74) is 8.13. The summed E-state index contributed by atoms with van der Waals surface area (Å²) in [5, 5.41) is 0. The topological polar surface area (TPSA) is 85.9 Å². The van der Waals surface area contributed by atoms with Crippen molar-refractivity contribution in [3.8, 4) is 0 Å². The van der Waals surface area contributed by atoms with Crippen molar-refractivity contribution in [1.82, 2.24) is 9.97 Å². The Morgan fingerprint density at radius 2 is 2.25 bits per heavy atom. The second-order valence-electron chi connectivity index (χ2n) is 4.27. The lowest BCUT2D eigenvalue weighted by atomic mass is 10.1. The molecule has 0 saturated carbocycles. The molecule has 1 aromatic rings. The molecule has 2 heterocycles. The van der Waals surface area contributed by atoms with Crippen LogP contribution in [-0.2, 0) is 28.4 Å². The molecule has 1 unspecified atom stereocenters. The molecule has 0 aromatic carbocycles. The van der Waals surface area contributed by atoms with Gasteiger partial charge in [-0.15, -0.1) is 0 Å². The molecule has 0 saturated heterocycles. The summed E-state index contributed by atoms with van der Waals surface area (Å²) in [5.74, 6) is 0.250. The lowest BCUT2D eigenvalue weighted by Gasteiger charge is -2.18. The Kier molecular flexibility index (Phi) is 2.94. The van der Waals surface area contributed by atoms with Crippen LogP contribution >= 0.6 is 0 Å². The molecule has 88 valence electrons. The van der Waals surface area contributed by atoms with Crippen molar-refractivity contribution >= 4 is 9.84 Å². The van der Waals surface area contributed by atoms with Gasteiger partial charge in [-0.1, -0.05) is 0 Å². The molecular weight excluding hydrogens is 226 g/mol. The Morgan fingerprint density at radius 1 is 1.50 bits per heavy atom. The van der Waals surface area contributed by atoms with E-state index in [4.69, 9.17) is 5.73 Å². The van der Waals surface area contributed by atoms with Crippen molar-refractivity contribution in [2.24, 2.45) is 5.73 Å². The first-order chi connectivity index (χ1) is 7.48. The average molecular weight is 241 g/mol. The highest BCUT2D eigenvalue weighted by atomic mass is 32.2. The standard InChI is InChI=1S/C10H15N3O2S/c1-7(11)4-10-8-5-16(14,15)3-2-9(8)12-6-13-10/h6-7H,2-5,11H2,1H3. The van der Waals surface area contributed by atoms with E-state index in [9.17, 15) is 8.42 Å². The summed E-state index contributed by atoms with van der Waals surface area (Å²) in [6.45, 7) is 1.88. The Labute approximate surface area is 95.0 Å². The monoisotopic (exact) mass is 241 g/mol. The van der Waals surface area contributed by atoms with Gasteiger partial charge >= 0.3 is 0 Å². The van der Waals surface area contributed by atoms with Crippen molar-refractivity contribution in [2.75, 3.05) is 5.75 Å². The van der Waals surface area contributed by atoms with E-state index in [0.29, 0.717) is 12.8 Å². The second kappa shape index (κ2) is 4.10. The van der Waals surface area contributed by atoms with Gasteiger partial charge in [0.2, 0.25) is 0 Å². The molecule has 0 radical (unpaired) electrons. The van der Waals surface area contributed by atoms with Gasteiger partial charge < -0.3 is 5.73 Å². The number of hydrogen-bond acceptors (Lipinski definition) is 5. The predicted octanol–water partition coefficient (Wildman–Crippen LogP) is -0.163. The van der Waals surface area contributed by atoms with Gasteiger partial charge in [0.25, 0.3) is 0 Å². The van der Waals surface area contributed by atoms with Crippen LogP contribution < -0.4 is 5.73 Å². The largest absolute Gasteiger partial charge is 0.328 e. The van der Waals surface area contributed by atoms with E-state index in [-0.39, 0.29) is 17.5 Å². The van der Waals surface area contributed by atoms with E-state index in [1.54, 1.807) is 0 Å². The van der Waals surface area contributed by atoms with Gasteiger partial charge in [0, 0.05) is 35.8 Å². The van der Waals surface area contributed by atoms with Crippen molar-refractivity contribution in [1.29, 1.82) is 0 Å². The fourth-order valence-electron chi connectivity index (χ4n) is 1.90. The molecule has 5 nitrogen and oxygen atoms in total. The highest BCUT2D eigenvalue weighted by Gasteiger charge is 2.25. The van der Waals surface area contributed by atoms with Crippen LogP contribution in [0.15, 0.2) is 6.33 Å². The normalized spacial score (nSPS) is 20.1. The Hall–Kier alpha value is -1.01. The molecule has 1 aliphatic heterocycles. The second-order valence-corrected chi connectivity index (χ2v) is 6.45. The minimum absolute atomic E-state index is 0.0244. The number of nitrogens with two attached hydrogens (primary N) is 1. The van der Waals surface area contributed by atoms with E-state index >= 15 is 0 Å². The fourth-order valence-corrected chi connectivity index (χ4v) is 3.32. The van der Waals surface area contributed by atoms with Gasteiger partial charge in [0.15, 0.2) is 9.84 Å². The molecule has 0 spiro atoms. The van der Waals surface area contributed by atoms with E-state index in [1.807, 2.05) is 6.92 Å². The fraction of sp³-hybridized carbons (Fsp3) is 0.600. The molecule has 6 heteroatoms. The zero-order valence-electron chi connectivity index (χ0n) is 9.18. The van der Waals surface area contributed by atoms with Crippen molar-refractivity contribution in [3.63, 3.8) is 0 Å². The Bertz CT molecular complexity index is 497. The van der Waals surface area contributed by atoms with Gasteiger partial charge in [-0.3, -0.25) is 0 Å². The number of aryl methyl sites for hydroxylation is 1. The van der Waals surface area contributed by atoms with Crippen LogP contribution in [0.3, 0.4) is 0 Å². The molecule has 0 aliphatic carbocycles. The SMILES string of the molecule is CC(N)Cc1ncnc2c1CS(=O)(=O)CC2. The number of fused-ring (bicyclic) bond motifs is 1. The number of aromatic nitrogens is 2. The third-order valence-corrected chi connectivity index (χ3v) is 4.21. The number of nitrogens with zero attached hydrogens (tertiary/aromatic N) is 2. The van der Waals surface area contributed by atoms with E-state index in [0.717, 1.165) is 17.0 Å². The number of sulfone groups is 1. The first-order valence-electron chi connectivity index (χ1n) is 5.25. The maximum atomic E-state index is 11.6. The summed E-state index contributed by atoms with van der Waals surface area (Å²) in [6, 6.07) is -0.0244. The molecule has 1 aliphatic rings. The van der Waals surface area contributed by atoms with E-state index in [1.165, 1.54) is 6.33 Å². The number of rotatable bonds is 2. The van der Waals surface area contributed by atoms with E-state index in [2.05, 4.69) is 9.97 Å². The minimum Gasteiger partial charge on any atom is -0.328 e. The Balaban J connectivity index is 2.42. The lowest BCUT2D eigenvalue weighted by Crippen LogP contribution is -2.25. The van der Waals surface area contributed by atoms with Crippen molar-refractivity contribution in [2.45, 2.75) is 31.6 Å². The van der Waals surface area contributed by atoms with Crippen LogP contribution in [0, 0.1) is 0 Å². The molecule has 1 atom stereocenters. The first kappa shape index (κ1) is 11.5. The van der Waals surface area contributed by atoms with Gasteiger partial charge in [-0.05, 0) is 6.92 Å². The van der Waals surface area contributed by atoms with Crippen molar-refractivity contribution < 1.29 is 8.42 Å². The minimum atomic E-state index is -2.98. The van der Waals surface area contributed by atoms with Gasteiger partial charge in [0.1, 0.15) is 6.33 Å². The third kappa shape index (κ3) is 2.38. The molecule has 16 heavy (non-hydrogen) atoms. The third-order valence-electron chi connectivity index (χ3n) is 2.65. The smallest absolute Gasteiger partial charge is 0.154 e. The summed E-state index contributed by atoms with van der Waals surface area (Å²) in [7, 11) is -2.98. The molecule has 1 aromatic heterocycles. The van der Waals surface area contributed by atoms with Gasteiger partial charge in [0.05, 0.1) is 11.5 Å². The quantitative estimate of drug-likeness (QED) is 0.777. The van der Waals surface area contributed by atoms with Crippen LogP contribution in [0.5, 0.6) is 0 Å². The zero-order valence-corrected chi connectivity index (χ0v) is 10.00. The first-order valence-corrected chi connectivity index (χ1v) is 7.08. The van der Waals surface area contributed by atoms with Gasteiger partial charge in [-0.2, -0.15) is 0 Å². The maximum Gasteiger partial charge on any atom is 0.154 e. The molecule has 0 bridgehead atoms. The molecule has 0 amide bonds. The molecule has 2 N–H and O–H groups in total. The highest BCUT2D eigenvalue weighted by molar-refractivity contribution is 7.90. The summed E-state index contributed by atoms with van der Waals surface area (Å²) in [6.07, 6.45) is 2.58. The van der Waals surface area contributed by atoms with Crippen LogP contribution in [0.25, 0.3) is 0 Å². The maximum absolute atomic E-state index is 11.6. The van der Waals surface area contributed by atoms with Crippen LogP contribution in [0.1, 0.15) is 23.9 Å². The van der Waals surface area contributed by atoms with Crippen LogP contribution in [-0.4, -0.2) is 30.2 Å². The van der Waals surface area contributed by atoms with Crippen LogP contribution in [0.2, 0.25) is 0 Å². The highest BCUT2D eigenvalue weighted by Crippen LogP contribution is 2.21.